The lowest BCUT2D eigenvalue weighted by Gasteiger charge is -2.30. The third-order valence-electron chi connectivity index (χ3n) is 5.01. The number of hydrogen-bond acceptors (Lipinski definition) is 9. The van der Waals surface area contributed by atoms with Crippen LogP contribution in [0, 0.1) is 0 Å². The number of amides is 1. The summed E-state index contributed by atoms with van der Waals surface area (Å²) in [6, 6.07) is 10.9. The van der Waals surface area contributed by atoms with Crippen molar-refractivity contribution in [2.75, 3.05) is 32.5 Å². The van der Waals surface area contributed by atoms with Crippen LogP contribution in [0.2, 0.25) is 0 Å². The molecular formula is C22H22N4O5S. The van der Waals surface area contributed by atoms with E-state index in [4.69, 9.17) is 18.9 Å². The largest absolute Gasteiger partial charge is 0.493 e. The van der Waals surface area contributed by atoms with E-state index in [0.717, 1.165) is 0 Å². The van der Waals surface area contributed by atoms with E-state index in [-0.39, 0.29) is 11.8 Å². The van der Waals surface area contributed by atoms with Crippen molar-refractivity contribution in [3.8, 4) is 34.4 Å². The number of carbonyl (C=O) groups excluding carboxylic acids is 1. The van der Waals surface area contributed by atoms with Crippen molar-refractivity contribution in [2.24, 2.45) is 0 Å². The van der Waals surface area contributed by atoms with Gasteiger partial charge in [0.2, 0.25) is 28.9 Å². The van der Waals surface area contributed by atoms with Crippen molar-refractivity contribution in [3.63, 3.8) is 0 Å². The number of hydrogen-bond donors (Lipinski definition) is 0. The number of aromatic nitrogens is 3. The van der Waals surface area contributed by atoms with Crippen LogP contribution >= 0.6 is 11.8 Å². The predicted octanol–water partition coefficient (Wildman–Crippen LogP) is 3.73. The number of methoxy groups -OCH3 is 3. The van der Waals surface area contributed by atoms with E-state index in [1.54, 1.807) is 17.0 Å². The van der Waals surface area contributed by atoms with E-state index in [9.17, 15) is 4.79 Å². The molecule has 2 heterocycles. The number of benzene rings is 2. The molecule has 0 radical (unpaired) electrons. The van der Waals surface area contributed by atoms with Crippen LogP contribution in [0.5, 0.6) is 23.1 Å². The SMILES string of the molecule is COc1cc([C@H]2Oc3nc(SC)nnc3-c3ccccc3N2C(C)=O)cc(OC)c1OC. The molecule has 1 atom stereocenters. The second kappa shape index (κ2) is 8.91. The maximum absolute atomic E-state index is 12.9. The molecule has 10 heteroatoms. The molecule has 0 unspecified atom stereocenters. The summed E-state index contributed by atoms with van der Waals surface area (Å²) in [5, 5.41) is 8.96. The minimum atomic E-state index is -0.866. The Balaban J connectivity index is 1.98. The quantitative estimate of drug-likeness (QED) is 0.534. The highest BCUT2D eigenvalue weighted by Gasteiger charge is 2.35. The number of nitrogens with zero attached hydrogens (tertiary/aromatic N) is 4. The molecule has 2 aromatic carbocycles. The van der Waals surface area contributed by atoms with E-state index >= 15 is 0 Å². The minimum absolute atomic E-state index is 0.220. The summed E-state index contributed by atoms with van der Waals surface area (Å²) in [5.41, 5.74) is 2.40. The highest BCUT2D eigenvalue weighted by molar-refractivity contribution is 7.98. The minimum Gasteiger partial charge on any atom is -0.493 e. The van der Waals surface area contributed by atoms with Crippen LogP contribution in [-0.4, -0.2) is 48.7 Å². The first-order valence-electron chi connectivity index (χ1n) is 9.66. The van der Waals surface area contributed by atoms with Crippen molar-refractivity contribution < 1.29 is 23.7 Å². The molecule has 9 nitrogen and oxygen atoms in total. The van der Waals surface area contributed by atoms with Gasteiger partial charge in [-0.3, -0.25) is 9.69 Å². The zero-order valence-electron chi connectivity index (χ0n) is 18.3. The van der Waals surface area contributed by atoms with E-state index in [1.165, 1.54) is 40.0 Å². The molecule has 0 fully saturated rings. The molecule has 0 saturated carbocycles. The van der Waals surface area contributed by atoms with Gasteiger partial charge < -0.3 is 18.9 Å². The molecule has 1 aromatic heterocycles. The van der Waals surface area contributed by atoms with Crippen LogP contribution in [-0.2, 0) is 4.79 Å². The van der Waals surface area contributed by atoms with Crippen molar-refractivity contribution >= 4 is 23.4 Å². The lowest BCUT2D eigenvalue weighted by Crippen LogP contribution is -2.36. The number of thioether (sulfide) groups is 1. The summed E-state index contributed by atoms with van der Waals surface area (Å²) in [6.45, 7) is 1.48. The van der Waals surface area contributed by atoms with Crippen molar-refractivity contribution in [3.05, 3.63) is 42.0 Å². The van der Waals surface area contributed by atoms with Crippen LogP contribution in [0.1, 0.15) is 18.7 Å². The second-order valence-corrected chi connectivity index (χ2v) is 7.56. The number of fused-ring (bicyclic) bond motifs is 3. The molecule has 1 amide bonds. The molecule has 0 saturated heterocycles. The average Bonchev–Trinajstić information content (AvgIpc) is 2.97. The molecule has 1 aliphatic heterocycles. The molecular weight excluding hydrogens is 432 g/mol. The summed E-state index contributed by atoms with van der Waals surface area (Å²) in [5.74, 6) is 1.38. The molecule has 32 heavy (non-hydrogen) atoms. The van der Waals surface area contributed by atoms with E-state index in [1.807, 2.05) is 30.5 Å². The standard InChI is InChI=1S/C22H22N4O5S/c1-12(27)26-15-9-7-6-8-14(15)18-20(23-22(32-5)25-24-18)31-21(26)13-10-16(28-2)19(30-4)17(11-13)29-3/h6-11,21H,1-5H3/t21-/m1/s1. The fourth-order valence-electron chi connectivity index (χ4n) is 3.60. The van der Waals surface area contributed by atoms with Gasteiger partial charge in [-0.15, -0.1) is 10.2 Å². The third-order valence-corrected chi connectivity index (χ3v) is 5.54. The molecule has 4 rings (SSSR count). The maximum Gasteiger partial charge on any atom is 0.247 e. The average molecular weight is 455 g/mol. The first-order valence-corrected chi connectivity index (χ1v) is 10.9. The molecule has 3 aromatic rings. The van der Waals surface area contributed by atoms with Gasteiger partial charge >= 0.3 is 0 Å². The Labute approximate surface area is 189 Å². The Kier molecular flexibility index (Phi) is 6.04. The van der Waals surface area contributed by atoms with Crippen molar-refractivity contribution in [1.29, 1.82) is 0 Å². The van der Waals surface area contributed by atoms with Crippen LogP contribution in [0.25, 0.3) is 11.3 Å². The Bertz CT molecular complexity index is 1150. The normalized spacial score (nSPS) is 14.5. The Hall–Kier alpha value is -3.53. The first kappa shape index (κ1) is 21.7. The van der Waals surface area contributed by atoms with Crippen molar-refractivity contribution in [2.45, 2.75) is 18.3 Å². The molecule has 166 valence electrons. The fraction of sp³-hybridized carbons (Fsp3) is 0.273. The lowest BCUT2D eigenvalue weighted by molar-refractivity contribution is -0.118. The van der Waals surface area contributed by atoms with Gasteiger partial charge in [0.15, 0.2) is 17.2 Å². The third kappa shape index (κ3) is 3.66. The highest BCUT2D eigenvalue weighted by Crippen LogP contribution is 2.46. The van der Waals surface area contributed by atoms with Gasteiger partial charge in [0.25, 0.3) is 0 Å². The smallest absolute Gasteiger partial charge is 0.247 e. The Morgan fingerprint density at radius 1 is 1.06 bits per heavy atom. The molecule has 1 aliphatic rings. The number of ether oxygens (including phenoxy) is 4. The molecule has 0 spiro atoms. The molecule has 0 bridgehead atoms. The van der Waals surface area contributed by atoms with E-state index in [0.29, 0.717) is 44.9 Å². The number of carbonyl (C=O) groups is 1. The summed E-state index contributed by atoms with van der Waals surface area (Å²) >= 11 is 1.35. The van der Waals surface area contributed by atoms with Gasteiger partial charge in [-0.2, -0.15) is 4.98 Å². The monoisotopic (exact) mass is 454 g/mol. The predicted molar refractivity (Wildman–Crippen MR) is 120 cm³/mol. The van der Waals surface area contributed by atoms with Gasteiger partial charge in [0, 0.05) is 18.1 Å². The summed E-state index contributed by atoms with van der Waals surface area (Å²) in [6.07, 6.45) is 0.988. The van der Waals surface area contributed by atoms with Crippen LogP contribution in [0.3, 0.4) is 0 Å². The summed E-state index contributed by atoms with van der Waals surface area (Å²) in [4.78, 5) is 19.0. The summed E-state index contributed by atoms with van der Waals surface area (Å²) in [7, 11) is 4.59. The molecule has 0 N–H and O–H groups in total. The van der Waals surface area contributed by atoms with Gasteiger partial charge in [0.1, 0.15) is 0 Å². The zero-order chi connectivity index (χ0) is 22.8. The van der Waals surface area contributed by atoms with Crippen LogP contribution < -0.4 is 23.8 Å². The van der Waals surface area contributed by atoms with E-state index in [2.05, 4.69) is 15.2 Å². The number of anilines is 1. The van der Waals surface area contributed by atoms with E-state index < -0.39 is 6.23 Å². The van der Waals surface area contributed by atoms with Crippen LogP contribution in [0.4, 0.5) is 5.69 Å². The Morgan fingerprint density at radius 3 is 2.34 bits per heavy atom. The van der Waals surface area contributed by atoms with Gasteiger partial charge in [0.05, 0.1) is 27.0 Å². The first-order chi connectivity index (χ1) is 15.5. The second-order valence-electron chi connectivity index (χ2n) is 6.79. The van der Waals surface area contributed by atoms with Crippen molar-refractivity contribution in [1.82, 2.24) is 15.2 Å². The summed E-state index contributed by atoms with van der Waals surface area (Å²) < 4.78 is 22.8. The highest BCUT2D eigenvalue weighted by atomic mass is 32.2. The topological polar surface area (TPSA) is 95.9 Å². The van der Waals surface area contributed by atoms with Gasteiger partial charge in [-0.1, -0.05) is 30.0 Å². The Morgan fingerprint density at radius 2 is 1.75 bits per heavy atom. The maximum atomic E-state index is 12.9. The lowest BCUT2D eigenvalue weighted by atomic mass is 10.1. The van der Waals surface area contributed by atoms with Gasteiger partial charge in [-0.05, 0) is 24.5 Å². The van der Waals surface area contributed by atoms with Gasteiger partial charge in [-0.25, -0.2) is 0 Å². The number of rotatable bonds is 5. The fourth-order valence-corrected chi connectivity index (χ4v) is 3.90. The van der Waals surface area contributed by atoms with Crippen LogP contribution in [0.15, 0.2) is 41.6 Å². The zero-order valence-corrected chi connectivity index (χ0v) is 19.1. The molecule has 0 aliphatic carbocycles. The number of para-hydroxylation sites is 1.